The molecule has 100 valence electrons. The summed E-state index contributed by atoms with van der Waals surface area (Å²) < 4.78 is 5.06. The minimum absolute atomic E-state index is 0.0108. The third-order valence-electron chi connectivity index (χ3n) is 2.67. The van der Waals surface area contributed by atoms with E-state index >= 15 is 0 Å². The summed E-state index contributed by atoms with van der Waals surface area (Å²) in [4.78, 5) is 10.4. The number of benzene rings is 1. The highest BCUT2D eigenvalue weighted by Crippen LogP contribution is 2.23. The maximum absolute atomic E-state index is 10.8. The van der Waals surface area contributed by atoms with Crippen LogP contribution in [0, 0.1) is 16.0 Å². The zero-order chi connectivity index (χ0) is 13.7. The molecule has 0 spiro atoms. The van der Waals surface area contributed by atoms with Gasteiger partial charge in [-0.25, -0.2) is 0 Å². The monoisotopic (exact) mass is 252 g/mol. The highest BCUT2D eigenvalue weighted by molar-refractivity contribution is 5.43. The van der Waals surface area contributed by atoms with Gasteiger partial charge in [-0.3, -0.25) is 10.1 Å². The van der Waals surface area contributed by atoms with E-state index in [1.165, 1.54) is 13.2 Å². The second-order valence-corrected chi connectivity index (χ2v) is 4.89. The van der Waals surface area contributed by atoms with Crippen molar-refractivity contribution in [2.45, 2.75) is 32.7 Å². The molecule has 0 aliphatic heterocycles. The number of nitrogens with zero attached hydrogens (tertiary/aromatic N) is 1. The molecule has 0 heterocycles. The predicted molar refractivity (Wildman–Crippen MR) is 70.8 cm³/mol. The zero-order valence-electron chi connectivity index (χ0n) is 11.1. The first-order valence-electron chi connectivity index (χ1n) is 6.00. The van der Waals surface area contributed by atoms with Crippen molar-refractivity contribution in [1.82, 2.24) is 0 Å². The van der Waals surface area contributed by atoms with E-state index in [4.69, 9.17) is 10.5 Å². The molecule has 0 aliphatic carbocycles. The van der Waals surface area contributed by atoms with Crippen LogP contribution in [0.15, 0.2) is 18.2 Å². The van der Waals surface area contributed by atoms with Gasteiger partial charge in [-0.2, -0.15) is 0 Å². The number of nitro benzene ring substituents is 1. The Morgan fingerprint density at radius 1 is 1.39 bits per heavy atom. The molecule has 1 rings (SSSR count). The molecule has 0 radical (unpaired) electrons. The fourth-order valence-corrected chi connectivity index (χ4v) is 1.98. The molecule has 2 N–H and O–H groups in total. The fraction of sp³-hybridized carbons (Fsp3) is 0.538. The Bertz CT molecular complexity index is 419. The summed E-state index contributed by atoms with van der Waals surface area (Å²) in [5.41, 5.74) is 6.90. The summed E-state index contributed by atoms with van der Waals surface area (Å²) in [5.74, 6) is 1.01. The number of non-ortho nitro benzene ring substituents is 1. The minimum Gasteiger partial charge on any atom is -0.496 e. The average Bonchev–Trinajstić information content (AvgIpc) is 2.27. The van der Waals surface area contributed by atoms with Crippen LogP contribution >= 0.6 is 0 Å². The van der Waals surface area contributed by atoms with Gasteiger partial charge in [-0.15, -0.1) is 0 Å². The molecular formula is C13H20N2O3. The lowest BCUT2D eigenvalue weighted by Gasteiger charge is -2.14. The highest BCUT2D eigenvalue weighted by Gasteiger charge is 2.13. The highest BCUT2D eigenvalue weighted by atomic mass is 16.6. The van der Waals surface area contributed by atoms with E-state index in [2.05, 4.69) is 13.8 Å². The molecule has 0 saturated carbocycles. The van der Waals surface area contributed by atoms with Crippen molar-refractivity contribution in [3.8, 4) is 5.75 Å². The van der Waals surface area contributed by atoms with Crippen molar-refractivity contribution >= 4 is 5.69 Å². The van der Waals surface area contributed by atoms with Crippen molar-refractivity contribution in [2.75, 3.05) is 7.11 Å². The number of nitro groups is 1. The van der Waals surface area contributed by atoms with Gasteiger partial charge in [0.15, 0.2) is 0 Å². The number of ether oxygens (including phenoxy) is 1. The van der Waals surface area contributed by atoms with Crippen LogP contribution in [0.5, 0.6) is 5.75 Å². The first-order valence-corrected chi connectivity index (χ1v) is 6.00. The fourth-order valence-electron chi connectivity index (χ4n) is 1.98. The standard InChI is InChI=1S/C13H20N2O3/c1-9(2)4-11(14)5-10-6-12(15(16)17)8-13(7-10)18-3/h6-9,11H,4-5,14H2,1-3H3. The Labute approximate surface area is 107 Å². The van der Waals surface area contributed by atoms with Crippen LogP contribution in [-0.4, -0.2) is 18.1 Å². The number of hydrogen-bond acceptors (Lipinski definition) is 4. The molecule has 5 nitrogen and oxygen atoms in total. The lowest BCUT2D eigenvalue weighted by molar-refractivity contribution is -0.385. The zero-order valence-corrected chi connectivity index (χ0v) is 11.1. The molecule has 5 heteroatoms. The molecule has 0 aliphatic rings. The molecule has 0 bridgehead atoms. The van der Waals surface area contributed by atoms with Crippen LogP contribution in [-0.2, 0) is 6.42 Å². The smallest absolute Gasteiger partial charge is 0.273 e. The Morgan fingerprint density at radius 2 is 2.06 bits per heavy atom. The van der Waals surface area contributed by atoms with Crippen molar-refractivity contribution in [3.63, 3.8) is 0 Å². The summed E-state index contributed by atoms with van der Waals surface area (Å²) >= 11 is 0. The van der Waals surface area contributed by atoms with Crippen LogP contribution in [0.4, 0.5) is 5.69 Å². The van der Waals surface area contributed by atoms with Gasteiger partial charge in [-0.05, 0) is 30.4 Å². The third kappa shape index (κ3) is 4.33. The molecule has 0 saturated heterocycles. The Kier molecular flexibility index (Phi) is 5.09. The van der Waals surface area contributed by atoms with Gasteiger partial charge >= 0.3 is 0 Å². The molecule has 1 unspecified atom stereocenters. The summed E-state index contributed by atoms with van der Waals surface area (Å²) in [6.07, 6.45) is 1.52. The van der Waals surface area contributed by atoms with Crippen molar-refractivity contribution in [1.29, 1.82) is 0 Å². The van der Waals surface area contributed by atoms with Gasteiger partial charge in [0.2, 0.25) is 0 Å². The minimum atomic E-state index is -0.417. The van der Waals surface area contributed by atoms with Gasteiger partial charge in [0.05, 0.1) is 18.1 Å². The Hall–Kier alpha value is -1.62. The molecule has 1 aromatic carbocycles. The topological polar surface area (TPSA) is 78.4 Å². The third-order valence-corrected chi connectivity index (χ3v) is 2.67. The number of methoxy groups -OCH3 is 1. The van der Waals surface area contributed by atoms with Crippen LogP contribution in [0.1, 0.15) is 25.8 Å². The van der Waals surface area contributed by atoms with E-state index in [0.717, 1.165) is 12.0 Å². The van der Waals surface area contributed by atoms with Gasteiger partial charge in [0, 0.05) is 12.1 Å². The van der Waals surface area contributed by atoms with Gasteiger partial charge in [-0.1, -0.05) is 13.8 Å². The number of rotatable bonds is 6. The van der Waals surface area contributed by atoms with Crippen LogP contribution in [0.25, 0.3) is 0 Å². The van der Waals surface area contributed by atoms with Gasteiger partial charge in [0.25, 0.3) is 5.69 Å². The largest absolute Gasteiger partial charge is 0.496 e. The maximum Gasteiger partial charge on any atom is 0.273 e. The number of hydrogen-bond donors (Lipinski definition) is 1. The molecule has 1 aromatic rings. The molecule has 0 fully saturated rings. The van der Waals surface area contributed by atoms with Crippen LogP contribution in [0.3, 0.4) is 0 Å². The summed E-state index contributed by atoms with van der Waals surface area (Å²) in [6, 6.07) is 4.78. The Balaban J connectivity index is 2.87. The first-order chi connectivity index (χ1) is 8.42. The summed E-state index contributed by atoms with van der Waals surface area (Å²) in [5, 5.41) is 10.8. The summed E-state index contributed by atoms with van der Waals surface area (Å²) in [7, 11) is 1.50. The van der Waals surface area contributed by atoms with E-state index in [1.807, 2.05) is 0 Å². The predicted octanol–water partition coefficient (Wildman–Crippen LogP) is 2.52. The van der Waals surface area contributed by atoms with Gasteiger partial charge in [0.1, 0.15) is 5.75 Å². The first kappa shape index (κ1) is 14.4. The van der Waals surface area contributed by atoms with E-state index in [0.29, 0.717) is 18.1 Å². The normalized spacial score (nSPS) is 12.5. The quantitative estimate of drug-likeness (QED) is 0.623. The van der Waals surface area contributed by atoms with E-state index in [1.54, 1.807) is 12.1 Å². The lowest BCUT2D eigenvalue weighted by Crippen LogP contribution is -2.24. The molecule has 1 atom stereocenters. The van der Waals surface area contributed by atoms with Crippen LogP contribution in [0.2, 0.25) is 0 Å². The van der Waals surface area contributed by atoms with Crippen LogP contribution < -0.4 is 10.5 Å². The van der Waals surface area contributed by atoms with Gasteiger partial charge < -0.3 is 10.5 Å². The van der Waals surface area contributed by atoms with E-state index in [9.17, 15) is 10.1 Å². The van der Waals surface area contributed by atoms with Crippen molar-refractivity contribution in [2.24, 2.45) is 11.7 Å². The average molecular weight is 252 g/mol. The SMILES string of the molecule is COc1cc(CC(N)CC(C)C)cc([N+](=O)[O-])c1. The van der Waals surface area contributed by atoms with Crippen molar-refractivity contribution in [3.05, 3.63) is 33.9 Å². The lowest BCUT2D eigenvalue weighted by atomic mass is 9.98. The molecule has 18 heavy (non-hydrogen) atoms. The molecule has 0 aromatic heterocycles. The second kappa shape index (κ2) is 6.35. The van der Waals surface area contributed by atoms with Crippen molar-refractivity contribution < 1.29 is 9.66 Å². The molecular weight excluding hydrogens is 232 g/mol. The number of nitrogens with two attached hydrogens (primary N) is 1. The summed E-state index contributed by atoms with van der Waals surface area (Å²) in [6.45, 7) is 4.21. The maximum atomic E-state index is 10.8. The van der Waals surface area contributed by atoms with E-state index < -0.39 is 4.92 Å². The second-order valence-electron chi connectivity index (χ2n) is 4.89. The van der Waals surface area contributed by atoms with E-state index in [-0.39, 0.29) is 11.7 Å². The Morgan fingerprint density at radius 3 is 2.56 bits per heavy atom. The molecule has 0 amide bonds.